The average Bonchev–Trinajstić information content (AvgIpc) is 2.72. The predicted molar refractivity (Wildman–Crippen MR) is 65.6 cm³/mol. The molecule has 0 bridgehead atoms. The second kappa shape index (κ2) is 3.57. The Morgan fingerprint density at radius 2 is 1.62 bits per heavy atom. The van der Waals surface area contributed by atoms with Crippen molar-refractivity contribution in [3.05, 3.63) is 22.4 Å². The minimum absolute atomic E-state index is 0.177. The van der Waals surface area contributed by atoms with Gasteiger partial charge in [-0.15, -0.1) is 0 Å². The van der Waals surface area contributed by atoms with Crippen molar-refractivity contribution < 1.29 is 4.92 Å². The molecule has 1 fully saturated rings. The SMILES string of the molecule is CC(C)(C)C1(C(C)(C)C)CC1/C=C/[N+](=O)[O-]. The van der Waals surface area contributed by atoms with Crippen LogP contribution >= 0.6 is 0 Å². The van der Waals surface area contributed by atoms with Crippen LogP contribution in [0.3, 0.4) is 0 Å². The summed E-state index contributed by atoms with van der Waals surface area (Å²) in [5, 5.41) is 10.4. The van der Waals surface area contributed by atoms with Gasteiger partial charge in [-0.1, -0.05) is 41.5 Å². The average molecular weight is 225 g/mol. The van der Waals surface area contributed by atoms with Crippen LogP contribution in [0.25, 0.3) is 0 Å². The molecule has 1 aliphatic rings. The highest BCUT2D eigenvalue weighted by molar-refractivity contribution is 5.19. The van der Waals surface area contributed by atoms with E-state index in [4.69, 9.17) is 0 Å². The van der Waals surface area contributed by atoms with Gasteiger partial charge in [-0.2, -0.15) is 0 Å². The molecule has 1 atom stereocenters. The largest absolute Gasteiger partial charge is 0.259 e. The Kier molecular flexibility index (Phi) is 2.95. The van der Waals surface area contributed by atoms with Gasteiger partial charge in [0.05, 0.1) is 4.92 Å². The van der Waals surface area contributed by atoms with E-state index in [1.807, 2.05) is 0 Å². The Labute approximate surface area is 98.1 Å². The van der Waals surface area contributed by atoms with Crippen molar-refractivity contribution in [3.8, 4) is 0 Å². The van der Waals surface area contributed by atoms with Crippen LogP contribution in [0.2, 0.25) is 0 Å². The fourth-order valence-corrected chi connectivity index (χ4v) is 3.54. The zero-order valence-electron chi connectivity index (χ0n) is 11.2. The number of nitrogens with zero attached hydrogens (tertiary/aromatic N) is 1. The lowest BCUT2D eigenvalue weighted by molar-refractivity contribution is -0.402. The van der Waals surface area contributed by atoms with Crippen molar-refractivity contribution >= 4 is 0 Å². The van der Waals surface area contributed by atoms with E-state index in [9.17, 15) is 10.1 Å². The van der Waals surface area contributed by atoms with Crippen LogP contribution in [0.4, 0.5) is 0 Å². The van der Waals surface area contributed by atoms with Crippen molar-refractivity contribution in [2.24, 2.45) is 22.2 Å². The molecule has 0 aromatic rings. The molecule has 16 heavy (non-hydrogen) atoms. The third-order valence-electron chi connectivity index (χ3n) is 4.13. The van der Waals surface area contributed by atoms with E-state index in [0.29, 0.717) is 5.92 Å². The highest BCUT2D eigenvalue weighted by Crippen LogP contribution is 2.72. The summed E-state index contributed by atoms with van der Waals surface area (Å²) in [5.74, 6) is 0.345. The monoisotopic (exact) mass is 225 g/mol. The molecule has 1 saturated carbocycles. The molecule has 0 radical (unpaired) electrons. The maximum absolute atomic E-state index is 10.4. The number of hydrogen-bond acceptors (Lipinski definition) is 2. The second-order valence-corrected chi connectivity index (χ2v) is 6.91. The number of nitro groups is 1. The van der Waals surface area contributed by atoms with E-state index < -0.39 is 0 Å². The zero-order chi connectivity index (χ0) is 12.8. The summed E-state index contributed by atoms with van der Waals surface area (Å²) < 4.78 is 0. The summed E-state index contributed by atoms with van der Waals surface area (Å²) in [4.78, 5) is 9.99. The maximum Gasteiger partial charge on any atom is 0.230 e. The lowest BCUT2D eigenvalue weighted by Gasteiger charge is -2.42. The molecule has 0 aromatic carbocycles. The Hall–Kier alpha value is -0.860. The lowest BCUT2D eigenvalue weighted by Crippen LogP contribution is -2.36. The van der Waals surface area contributed by atoms with Gasteiger partial charge in [-0.3, -0.25) is 10.1 Å². The fraction of sp³-hybridized carbons (Fsp3) is 0.846. The van der Waals surface area contributed by atoms with Crippen molar-refractivity contribution in [2.75, 3.05) is 0 Å². The summed E-state index contributed by atoms with van der Waals surface area (Å²) >= 11 is 0. The lowest BCUT2D eigenvalue weighted by atomic mass is 9.62. The molecule has 0 N–H and O–H groups in total. The van der Waals surface area contributed by atoms with Gasteiger partial charge in [0.2, 0.25) is 6.20 Å². The van der Waals surface area contributed by atoms with Crippen LogP contribution in [0.5, 0.6) is 0 Å². The standard InChI is InChI=1S/C13H23NO2/c1-11(2,3)13(12(4,5)6)9-10(13)7-8-14(15)16/h7-8,10H,9H2,1-6H3/b8-7+. The molecular formula is C13H23NO2. The molecule has 0 spiro atoms. The first-order valence-corrected chi connectivity index (χ1v) is 5.84. The van der Waals surface area contributed by atoms with Gasteiger partial charge in [0, 0.05) is 0 Å². The molecule has 0 aromatic heterocycles. The summed E-state index contributed by atoms with van der Waals surface area (Å²) in [5.41, 5.74) is 0.542. The highest BCUT2D eigenvalue weighted by atomic mass is 16.6. The smallest absolute Gasteiger partial charge is 0.230 e. The normalized spacial score (nSPS) is 24.8. The molecule has 1 rings (SSSR count). The summed E-state index contributed by atoms with van der Waals surface area (Å²) in [6.45, 7) is 13.4. The minimum atomic E-state index is -0.367. The van der Waals surface area contributed by atoms with Gasteiger partial charge < -0.3 is 0 Å². The van der Waals surface area contributed by atoms with Crippen molar-refractivity contribution in [1.29, 1.82) is 0 Å². The molecule has 1 aliphatic carbocycles. The van der Waals surface area contributed by atoms with E-state index in [1.54, 1.807) is 6.08 Å². The summed E-state index contributed by atoms with van der Waals surface area (Å²) in [7, 11) is 0. The molecule has 1 unspecified atom stereocenters. The van der Waals surface area contributed by atoms with Crippen molar-refractivity contribution in [3.63, 3.8) is 0 Å². The number of rotatable bonds is 2. The van der Waals surface area contributed by atoms with Gasteiger partial charge in [-0.25, -0.2) is 0 Å². The molecular weight excluding hydrogens is 202 g/mol. The van der Waals surface area contributed by atoms with Crippen LogP contribution in [0, 0.1) is 32.3 Å². The van der Waals surface area contributed by atoms with E-state index in [-0.39, 0.29) is 21.2 Å². The van der Waals surface area contributed by atoms with Crippen LogP contribution in [0.1, 0.15) is 48.0 Å². The number of allylic oxidation sites excluding steroid dienone is 1. The first kappa shape index (κ1) is 13.2. The zero-order valence-corrected chi connectivity index (χ0v) is 11.2. The Balaban J connectivity index is 2.95. The third-order valence-corrected chi connectivity index (χ3v) is 4.13. The van der Waals surface area contributed by atoms with Crippen LogP contribution < -0.4 is 0 Å². The summed E-state index contributed by atoms with van der Waals surface area (Å²) in [6, 6.07) is 0. The Morgan fingerprint density at radius 3 is 1.88 bits per heavy atom. The fourth-order valence-electron chi connectivity index (χ4n) is 3.54. The van der Waals surface area contributed by atoms with E-state index in [0.717, 1.165) is 12.6 Å². The minimum Gasteiger partial charge on any atom is -0.259 e. The first-order valence-electron chi connectivity index (χ1n) is 5.84. The Bertz CT molecular complexity index is 304. The molecule has 0 amide bonds. The Morgan fingerprint density at radius 1 is 1.19 bits per heavy atom. The molecule has 0 heterocycles. The van der Waals surface area contributed by atoms with Gasteiger partial charge >= 0.3 is 0 Å². The second-order valence-electron chi connectivity index (χ2n) is 6.91. The quantitative estimate of drug-likeness (QED) is 0.528. The van der Waals surface area contributed by atoms with E-state index in [2.05, 4.69) is 41.5 Å². The topological polar surface area (TPSA) is 43.1 Å². The predicted octanol–water partition coefficient (Wildman–Crippen LogP) is 3.88. The van der Waals surface area contributed by atoms with Crippen LogP contribution in [0.15, 0.2) is 12.3 Å². The molecule has 3 nitrogen and oxygen atoms in total. The third kappa shape index (κ3) is 2.00. The molecule has 3 heteroatoms. The van der Waals surface area contributed by atoms with E-state index >= 15 is 0 Å². The van der Waals surface area contributed by atoms with Gasteiger partial charge in [0.25, 0.3) is 0 Å². The molecule has 0 saturated heterocycles. The van der Waals surface area contributed by atoms with Gasteiger partial charge in [0.1, 0.15) is 0 Å². The van der Waals surface area contributed by atoms with Crippen molar-refractivity contribution in [2.45, 2.75) is 48.0 Å². The van der Waals surface area contributed by atoms with Gasteiger partial charge in [0.15, 0.2) is 0 Å². The summed E-state index contributed by atoms with van der Waals surface area (Å²) in [6.07, 6.45) is 3.94. The van der Waals surface area contributed by atoms with Crippen molar-refractivity contribution in [1.82, 2.24) is 0 Å². The molecule has 92 valence electrons. The maximum atomic E-state index is 10.4. The van der Waals surface area contributed by atoms with Crippen LogP contribution in [-0.2, 0) is 0 Å². The van der Waals surface area contributed by atoms with E-state index in [1.165, 1.54) is 0 Å². The van der Waals surface area contributed by atoms with Gasteiger partial charge in [-0.05, 0) is 34.7 Å². The first-order chi connectivity index (χ1) is 7.02. The highest BCUT2D eigenvalue weighted by Gasteiger charge is 2.65. The van der Waals surface area contributed by atoms with Crippen LogP contribution in [-0.4, -0.2) is 4.92 Å². The number of hydrogen-bond donors (Lipinski definition) is 0. The molecule has 0 aliphatic heterocycles.